The molecule has 2 heterocycles. The van der Waals surface area contributed by atoms with Crippen LogP contribution in [0.1, 0.15) is 44.9 Å². The SMILES string of the molecule is O=C(CCC1CCCCN1)NCCN1CCCC1. The van der Waals surface area contributed by atoms with Gasteiger partial charge < -0.3 is 15.5 Å². The summed E-state index contributed by atoms with van der Waals surface area (Å²) < 4.78 is 0. The molecule has 0 aromatic carbocycles. The number of amides is 1. The van der Waals surface area contributed by atoms with Crippen LogP contribution in [0.3, 0.4) is 0 Å². The van der Waals surface area contributed by atoms with Gasteiger partial charge in [0.2, 0.25) is 5.91 Å². The molecule has 2 aliphatic rings. The molecular weight excluding hydrogens is 226 g/mol. The molecule has 1 unspecified atom stereocenters. The minimum atomic E-state index is 0.224. The van der Waals surface area contributed by atoms with Crippen LogP contribution < -0.4 is 10.6 Å². The zero-order valence-electron chi connectivity index (χ0n) is 11.4. The summed E-state index contributed by atoms with van der Waals surface area (Å²) in [5.41, 5.74) is 0. The zero-order valence-corrected chi connectivity index (χ0v) is 11.4. The van der Waals surface area contributed by atoms with Gasteiger partial charge in [-0.05, 0) is 51.7 Å². The summed E-state index contributed by atoms with van der Waals surface area (Å²) in [5, 5.41) is 6.53. The van der Waals surface area contributed by atoms with Crippen LogP contribution in [0.25, 0.3) is 0 Å². The molecule has 4 heteroatoms. The lowest BCUT2D eigenvalue weighted by atomic mass is 10.0. The second kappa shape index (κ2) is 7.74. The van der Waals surface area contributed by atoms with Gasteiger partial charge in [-0.25, -0.2) is 0 Å². The molecule has 0 aromatic rings. The third-order valence-electron chi connectivity index (χ3n) is 4.08. The molecule has 2 rings (SSSR count). The van der Waals surface area contributed by atoms with Crippen LogP contribution in [0.2, 0.25) is 0 Å². The average Bonchev–Trinajstić information content (AvgIpc) is 2.91. The van der Waals surface area contributed by atoms with Crippen LogP contribution in [0.5, 0.6) is 0 Å². The van der Waals surface area contributed by atoms with Gasteiger partial charge in [-0.15, -0.1) is 0 Å². The van der Waals surface area contributed by atoms with E-state index in [0.29, 0.717) is 12.5 Å². The van der Waals surface area contributed by atoms with Gasteiger partial charge >= 0.3 is 0 Å². The van der Waals surface area contributed by atoms with Crippen molar-refractivity contribution in [1.29, 1.82) is 0 Å². The first-order valence-electron chi connectivity index (χ1n) is 7.57. The minimum absolute atomic E-state index is 0.224. The normalized spacial score (nSPS) is 25.2. The Labute approximate surface area is 110 Å². The smallest absolute Gasteiger partial charge is 0.220 e. The highest BCUT2D eigenvalue weighted by Gasteiger charge is 2.14. The van der Waals surface area contributed by atoms with Crippen molar-refractivity contribution in [3.05, 3.63) is 0 Å². The lowest BCUT2D eigenvalue weighted by Crippen LogP contribution is -2.37. The summed E-state index contributed by atoms with van der Waals surface area (Å²) in [5.74, 6) is 0.224. The molecule has 2 saturated heterocycles. The molecule has 0 aromatic heterocycles. The topological polar surface area (TPSA) is 44.4 Å². The maximum Gasteiger partial charge on any atom is 0.220 e. The quantitative estimate of drug-likeness (QED) is 0.745. The molecule has 4 nitrogen and oxygen atoms in total. The number of nitrogens with zero attached hydrogens (tertiary/aromatic N) is 1. The molecule has 0 saturated carbocycles. The van der Waals surface area contributed by atoms with Crippen LogP contribution in [0.15, 0.2) is 0 Å². The van der Waals surface area contributed by atoms with Crippen molar-refractivity contribution in [2.75, 3.05) is 32.7 Å². The molecule has 2 aliphatic heterocycles. The first-order valence-corrected chi connectivity index (χ1v) is 7.57. The Morgan fingerprint density at radius 3 is 2.78 bits per heavy atom. The van der Waals surface area contributed by atoms with Gasteiger partial charge in [-0.3, -0.25) is 4.79 Å². The third kappa shape index (κ3) is 4.94. The number of carbonyl (C=O) groups is 1. The number of hydrogen-bond acceptors (Lipinski definition) is 3. The minimum Gasteiger partial charge on any atom is -0.355 e. The Hall–Kier alpha value is -0.610. The number of likely N-dealkylation sites (tertiary alicyclic amines) is 1. The van der Waals surface area contributed by atoms with Crippen LogP contribution >= 0.6 is 0 Å². The number of hydrogen-bond donors (Lipinski definition) is 2. The fraction of sp³-hybridized carbons (Fsp3) is 0.929. The Morgan fingerprint density at radius 1 is 1.22 bits per heavy atom. The summed E-state index contributed by atoms with van der Waals surface area (Å²) in [7, 11) is 0. The van der Waals surface area contributed by atoms with Crippen molar-refractivity contribution in [3.63, 3.8) is 0 Å². The average molecular weight is 253 g/mol. The number of nitrogens with one attached hydrogen (secondary N) is 2. The largest absolute Gasteiger partial charge is 0.355 e. The molecule has 18 heavy (non-hydrogen) atoms. The van der Waals surface area contributed by atoms with E-state index in [1.807, 2.05) is 0 Å². The molecule has 0 bridgehead atoms. The van der Waals surface area contributed by atoms with Crippen LogP contribution in [0.4, 0.5) is 0 Å². The van der Waals surface area contributed by atoms with Crippen LogP contribution in [0, 0.1) is 0 Å². The predicted molar refractivity (Wildman–Crippen MR) is 73.6 cm³/mol. The standard InChI is InChI=1S/C14H27N3O/c18-14(7-6-13-5-1-2-8-15-13)16-9-12-17-10-3-4-11-17/h13,15H,1-12H2,(H,16,18). The number of rotatable bonds is 6. The molecule has 1 atom stereocenters. The van der Waals surface area contributed by atoms with Gasteiger partial charge in [0, 0.05) is 25.6 Å². The molecular formula is C14H27N3O. The number of carbonyl (C=O) groups excluding carboxylic acids is 1. The Balaban J connectivity index is 1.49. The second-order valence-electron chi connectivity index (χ2n) is 5.58. The summed E-state index contributed by atoms with van der Waals surface area (Å²) in [6.45, 7) is 5.38. The fourth-order valence-electron chi connectivity index (χ4n) is 2.92. The zero-order chi connectivity index (χ0) is 12.6. The van der Waals surface area contributed by atoms with Crippen LogP contribution in [-0.2, 0) is 4.79 Å². The van der Waals surface area contributed by atoms with Crippen molar-refractivity contribution in [2.24, 2.45) is 0 Å². The lowest BCUT2D eigenvalue weighted by molar-refractivity contribution is -0.121. The van der Waals surface area contributed by atoms with E-state index in [2.05, 4.69) is 15.5 Å². The maximum absolute atomic E-state index is 11.7. The van der Waals surface area contributed by atoms with Gasteiger partial charge in [0.05, 0.1) is 0 Å². The molecule has 2 fully saturated rings. The molecule has 104 valence electrons. The lowest BCUT2D eigenvalue weighted by Gasteiger charge is -2.23. The van der Waals surface area contributed by atoms with E-state index < -0.39 is 0 Å². The first-order chi connectivity index (χ1) is 8.84. The second-order valence-corrected chi connectivity index (χ2v) is 5.58. The Morgan fingerprint density at radius 2 is 2.06 bits per heavy atom. The first kappa shape index (κ1) is 13.8. The summed E-state index contributed by atoms with van der Waals surface area (Å²) in [4.78, 5) is 14.1. The molecule has 0 radical (unpaired) electrons. The summed E-state index contributed by atoms with van der Waals surface area (Å²) in [6, 6.07) is 0.572. The fourth-order valence-corrected chi connectivity index (χ4v) is 2.92. The van der Waals surface area contributed by atoms with Crippen molar-refractivity contribution in [3.8, 4) is 0 Å². The van der Waals surface area contributed by atoms with Crippen molar-refractivity contribution in [1.82, 2.24) is 15.5 Å². The maximum atomic E-state index is 11.7. The predicted octanol–water partition coefficient (Wildman–Crippen LogP) is 1.12. The summed E-state index contributed by atoms with van der Waals surface area (Å²) in [6.07, 6.45) is 8.16. The van der Waals surface area contributed by atoms with Gasteiger partial charge in [-0.2, -0.15) is 0 Å². The van der Waals surface area contributed by atoms with Gasteiger partial charge in [0.15, 0.2) is 0 Å². The highest BCUT2D eigenvalue weighted by Crippen LogP contribution is 2.11. The van der Waals surface area contributed by atoms with E-state index in [4.69, 9.17) is 0 Å². The van der Waals surface area contributed by atoms with Crippen LogP contribution in [-0.4, -0.2) is 49.6 Å². The highest BCUT2D eigenvalue weighted by molar-refractivity contribution is 5.75. The third-order valence-corrected chi connectivity index (χ3v) is 4.08. The molecule has 0 spiro atoms. The Kier molecular flexibility index (Phi) is 5.94. The number of piperidine rings is 1. The van der Waals surface area contributed by atoms with E-state index in [1.54, 1.807) is 0 Å². The van der Waals surface area contributed by atoms with Gasteiger partial charge in [0.25, 0.3) is 0 Å². The monoisotopic (exact) mass is 253 g/mol. The van der Waals surface area contributed by atoms with Crippen molar-refractivity contribution >= 4 is 5.91 Å². The summed E-state index contributed by atoms with van der Waals surface area (Å²) >= 11 is 0. The highest BCUT2D eigenvalue weighted by atomic mass is 16.1. The molecule has 2 N–H and O–H groups in total. The van der Waals surface area contributed by atoms with E-state index in [-0.39, 0.29) is 5.91 Å². The molecule has 0 aliphatic carbocycles. The Bertz CT molecular complexity index is 245. The van der Waals surface area contributed by atoms with E-state index in [9.17, 15) is 4.79 Å². The van der Waals surface area contributed by atoms with Gasteiger partial charge in [0.1, 0.15) is 0 Å². The van der Waals surface area contributed by atoms with Crippen molar-refractivity contribution in [2.45, 2.75) is 51.0 Å². The van der Waals surface area contributed by atoms with Crippen molar-refractivity contribution < 1.29 is 4.79 Å². The van der Waals surface area contributed by atoms with E-state index in [0.717, 1.165) is 26.1 Å². The molecule has 1 amide bonds. The van der Waals surface area contributed by atoms with Gasteiger partial charge in [-0.1, -0.05) is 6.42 Å². The van der Waals surface area contributed by atoms with E-state index >= 15 is 0 Å². The van der Waals surface area contributed by atoms with E-state index in [1.165, 1.54) is 45.2 Å².